The Morgan fingerprint density at radius 3 is 1.76 bits per heavy atom. The lowest BCUT2D eigenvalue weighted by molar-refractivity contribution is -0.216. The van der Waals surface area contributed by atoms with E-state index >= 15 is 0 Å². The molecule has 13 atom stereocenters. The van der Waals surface area contributed by atoms with Crippen LogP contribution < -0.4 is 0 Å². The van der Waals surface area contributed by atoms with Gasteiger partial charge in [0.05, 0.1) is 34.2 Å². The van der Waals surface area contributed by atoms with Gasteiger partial charge in [0.15, 0.2) is 0 Å². The van der Waals surface area contributed by atoms with Crippen LogP contribution in [0.2, 0.25) is 0 Å². The van der Waals surface area contributed by atoms with Crippen LogP contribution in [0.25, 0.3) is 0 Å². The van der Waals surface area contributed by atoms with Crippen molar-refractivity contribution in [3.63, 3.8) is 0 Å². The fraction of sp³-hybridized carbons (Fsp3) is 0.711. The molecule has 17 nitrogen and oxygen atoms in total. The van der Waals surface area contributed by atoms with Crippen LogP contribution in [0.4, 0.5) is 0 Å². The minimum atomic E-state index is -3.50. The van der Waals surface area contributed by atoms with Gasteiger partial charge in [0.25, 0.3) is 20.2 Å². The zero-order chi connectivity index (χ0) is 48.1. The van der Waals surface area contributed by atoms with E-state index in [1.807, 2.05) is 0 Å². The van der Waals surface area contributed by atoms with Gasteiger partial charge in [-0.1, -0.05) is 38.1 Å². The van der Waals surface area contributed by atoms with E-state index in [-0.39, 0.29) is 63.6 Å². The molecule has 11 fully saturated rings. The third-order valence-electron chi connectivity index (χ3n) is 14.2. The molecule has 0 spiro atoms. The first kappa shape index (κ1) is 50.8. The highest BCUT2D eigenvalue weighted by molar-refractivity contribution is 8.14. The summed E-state index contributed by atoms with van der Waals surface area (Å²) in [5, 5.41) is 9.38. The molecule has 8 saturated carbocycles. The quantitative estimate of drug-likeness (QED) is 0.137. The van der Waals surface area contributed by atoms with Crippen molar-refractivity contribution in [3.8, 4) is 0 Å². The van der Waals surface area contributed by atoms with Gasteiger partial charge in [-0.3, -0.25) is 18.0 Å². The smallest absolute Gasteiger partial charge is 0.335 e. The predicted molar refractivity (Wildman–Crippen MR) is 241 cm³/mol. The van der Waals surface area contributed by atoms with Gasteiger partial charge in [-0.15, -0.1) is 0 Å². The van der Waals surface area contributed by atoms with Gasteiger partial charge in [-0.05, 0) is 96.0 Å². The standard InChI is InChI=1S/C13H16O6S2.C13H18O3.C11H14O5S.C8H12O3S/c1-6(2)13(15)20-5-10(14)18-11-7-3-8-9(4-7)21(16,17)19-12(8)11;1-2-11(14)16-13-6-9-3-10(7-13)5-12(15,4-9)8-13;1-5(2)11(12)15-9-6-3-7-8(4-6)17(13,14)16-10(7)9;1-6(2)8(9)11-7-5-12-4-3-10-7/h7-9,11-12H,1,3-5H2,2H3;2,9-10,15H,1,3-8H2;6-10H,1,3-4H2,2H3;7H,1,3-5H2,2H3. The molecule has 366 valence electrons. The molecule has 8 bridgehead atoms. The van der Waals surface area contributed by atoms with Crippen molar-refractivity contribution in [1.29, 1.82) is 0 Å². The number of thioether (sulfide) groups is 2. The summed E-state index contributed by atoms with van der Waals surface area (Å²) in [6.45, 7) is 19.4. The van der Waals surface area contributed by atoms with Gasteiger partial charge in [0.2, 0.25) is 11.4 Å². The lowest BCUT2D eigenvalue weighted by Crippen LogP contribution is -2.60. The Hall–Kier alpha value is -3.05. The highest BCUT2D eigenvalue weighted by Crippen LogP contribution is 2.59. The first-order valence-corrected chi connectivity index (χ1v) is 27.4. The monoisotopic (exact) mass is 1000 g/mol. The maximum Gasteiger partial charge on any atom is 0.335 e. The first-order chi connectivity index (χ1) is 30.9. The van der Waals surface area contributed by atoms with Crippen molar-refractivity contribution in [2.24, 2.45) is 35.5 Å². The Bertz CT molecular complexity index is 2220. The van der Waals surface area contributed by atoms with Gasteiger partial charge in [-0.25, -0.2) is 14.4 Å². The molecular formula is C45H60O17S4. The number of carbonyl (C=O) groups excluding carboxylic acids is 5. The minimum absolute atomic E-state index is 0.00733. The van der Waals surface area contributed by atoms with Crippen molar-refractivity contribution in [1.82, 2.24) is 0 Å². The zero-order valence-electron chi connectivity index (χ0n) is 37.4. The average Bonchev–Trinajstić information content (AvgIpc) is 4.05. The SMILES string of the molecule is C=C(C)C(=O)OC1C2CC3C1OS(=O)(=O)C3C2.C=C(C)C(=O)OC1CSCCO1.C=C(C)C(=O)SCC(=O)OC1C2CC3C1OS(=O)(=O)C3C2.C=CC(=O)OC12CC3CC(CC(O)(C3)C1)C2. The summed E-state index contributed by atoms with van der Waals surface area (Å²) in [5.74, 6) is 1.12. The number of carbonyl (C=O) groups is 5. The van der Waals surface area contributed by atoms with E-state index in [2.05, 4.69) is 26.3 Å². The molecular weight excluding hydrogens is 941 g/mol. The Labute approximate surface area is 394 Å². The number of hydrogen-bond acceptors (Lipinski definition) is 19. The van der Waals surface area contributed by atoms with E-state index in [4.69, 9.17) is 32.1 Å². The highest BCUT2D eigenvalue weighted by atomic mass is 32.2. The van der Waals surface area contributed by atoms with Crippen LogP contribution in [0.1, 0.15) is 85.0 Å². The number of ether oxygens (including phenoxy) is 5. The van der Waals surface area contributed by atoms with E-state index in [9.17, 15) is 45.9 Å². The van der Waals surface area contributed by atoms with Crippen molar-refractivity contribution >= 4 is 72.8 Å². The Balaban J connectivity index is 0.000000133. The summed E-state index contributed by atoms with van der Waals surface area (Å²) >= 11 is 2.57. The molecule has 66 heavy (non-hydrogen) atoms. The molecule has 0 aromatic heterocycles. The topological polar surface area (TPSA) is 238 Å². The van der Waals surface area contributed by atoms with Gasteiger partial charge in [0.1, 0.15) is 30.0 Å². The van der Waals surface area contributed by atoms with Crippen LogP contribution in [0.15, 0.2) is 49.1 Å². The van der Waals surface area contributed by atoms with Crippen LogP contribution in [0, 0.1) is 35.5 Å². The van der Waals surface area contributed by atoms with Crippen LogP contribution in [-0.2, 0) is 76.3 Å². The average molecular weight is 1000 g/mol. The Morgan fingerprint density at radius 2 is 1.29 bits per heavy atom. The van der Waals surface area contributed by atoms with Gasteiger partial charge < -0.3 is 28.8 Å². The Morgan fingerprint density at radius 1 is 0.758 bits per heavy atom. The summed E-state index contributed by atoms with van der Waals surface area (Å²) in [6.07, 6.45) is 6.98. The van der Waals surface area contributed by atoms with E-state index in [1.54, 1.807) is 32.5 Å². The van der Waals surface area contributed by atoms with Gasteiger partial charge >= 0.3 is 23.9 Å². The molecule has 21 heteroatoms. The molecule has 1 N–H and O–H groups in total. The number of esters is 4. The second-order valence-corrected chi connectivity index (χ2v) is 25.2. The maximum atomic E-state index is 11.8. The second-order valence-electron chi connectivity index (χ2n) is 19.5. The second kappa shape index (κ2) is 19.7. The number of fused-ring (bicyclic) bond motifs is 2. The molecule has 11 rings (SSSR count). The minimum Gasteiger partial charge on any atom is -0.459 e. The van der Waals surface area contributed by atoms with Crippen molar-refractivity contribution in [3.05, 3.63) is 49.1 Å². The fourth-order valence-electron chi connectivity index (χ4n) is 12.0. The molecule has 3 heterocycles. The summed E-state index contributed by atoms with van der Waals surface area (Å²) in [7, 11) is -6.93. The molecule has 0 aromatic carbocycles. The first-order valence-electron chi connectivity index (χ1n) is 22.3. The summed E-state index contributed by atoms with van der Waals surface area (Å²) in [4.78, 5) is 57.0. The third-order valence-corrected chi connectivity index (χ3v) is 19.7. The number of aliphatic hydroxyl groups is 1. The molecule has 13 unspecified atom stereocenters. The van der Waals surface area contributed by atoms with E-state index in [1.165, 1.54) is 12.5 Å². The molecule has 3 aliphatic heterocycles. The van der Waals surface area contributed by atoms with Crippen LogP contribution >= 0.6 is 23.5 Å². The molecule has 11 aliphatic rings. The van der Waals surface area contributed by atoms with Crippen molar-refractivity contribution in [2.75, 3.05) is 23.9 Å². The molecule has 0 aromatic rings. The normalized spacial score (nSPS) is 39.9. The van der Waals surface area contributed by atoms with Crippen LogP contribution in [0.3, 0.4) is 0 Å². The maximum absolute atomic E-state index is 11.8. The van der Waals surface area contributed by atoms with Gasteiger partial charge in [-0.2, -0.15) is 28.6 Å². The predicted octanol–water partition coefficient (Wildman–Crippen LogP) is 4.48. The third kappa shape index (κ3) is 11.0. The zero-order valence-corrected chi connectivity index (χ0v) is 40.7. The van der Waals surface area contributed by atoms with E-state index in [0.29, 0.717) is 54.4 Å². The number of rotatable bonds is 10. The van der Waals surface area contributed by atoms with Crippen LogP contribution in [0.5, 0.6) is 0 Å². The molecule has 0 amide bonds. The lowest BCUT2D eigenvalue weighted by Gasteiger charge is -2.59. The number of hydrogen-bond donors (Lipinski definition) is 1. The van der Waals surface area contributed by atoms with Crippen molar-refractivity contribution in [2.45, 2.75) is 137 Å². The summed E-state index contributed by atoms with van der Waals surface area (Å²) < 4.78 is 83.5. The van der Waals surface area contributed by atoms with E-state index in [0.717, 1.165) is 61.8 Å². The highest BCUT2D eigenvalue weighted by Gasteiger charge is 2.66. The Kier molecular flexibility index (Phi) is 15.2. The van der Waals surface area contributed by atoms with E-state index < -0.39 is 67.4 Å². The fourth-order valence-corrected chi connectivity index (χ4v) is 17.1. The largest absolute Gasteiger partial charge is 0.459 e. The summed E-state index contributed by atoms with van der Waals surface area (Å²) in [6, 6.07) is 0. The molecule has 0 radical (unpaired) electrons. The lowest BCUT2D eigenvalue weighted by atomic mass is 9.52. The molecule has 3 saturated heterocycles. The van der Waals surface area contributed by atoms with Crippen molar-refractivity contribution < 1.29 is 78.0 Å². The molecule has 8 aliphatic carbocycles. The van der Waals surface area contributed by atoms with Crippen LogP contribution in [-0.4, -0.2) is 127 Å². The van der Waals surface area contributed by atoms with Gasteiger partial charge in [0, 0.05) is 53.1 Å². The summed E-state index contributed by atoms with van der Waals surface area (Å²) in [5.41, 5.74) is 0.162.